The number of phosphoric ester groups is 1. The third kappa shape index (κ3) is 51.8. The van der Waals surface area contributed by atoms with Crippen LogP contribution in [-0.4, -0.2) is 66.5 Å². The van der Waals surface area contributed by atoms with E-state index in [0.717, 1.165) is 103 Å². The highest BCUT2D eigenvalue weighted by Crippen LogP contribution is 2.43. The third-order valence-corrected chi connectivity index (χ3v) is 13.1. The predicted molar refractivity (Wildman–Crippen MR) is 298 cm³/mol. The SMILES string of the molecule is CC/C=C\C/C=C\C/C=C\C/C=C\CCCCC(=O)OC(COC(=O)CCCCCCC/C=C\C/C=C\CCCCC)COP(=O)(O)OCC(CO)OC(=O)CCCCCCCCCCCCCCCCC. The van der Waals surface area contributed by atoms with Crippen molar-refractivity contribution >= 4 is 25.7 Å². The number of aliphatic hydroxyl groups is 1. The van der Waals surface area contributed by atoms with Crippen LogP contribution in [0.15, 0.2) is 72.9 Å². The van der Waals surface area contributed by atoms with E-state index in [1.807, 2.05) is 0 Å². The fourth-order valence-corrected chi connectivity index (χ4v) is 8.51. The second-order valence-corrected chi connectivity index (χ2v) is 20.5. The molecule has 3 unspecified atom stereocenters. The number of hydrogen-bond donors (Lipinski definition) is 2. The predicted octanol–water partition coefficient (Wildman–Crippen LogP) is 16.9. The lowest BCUT2D eigenvalue weighted by atomic mass is 10.0. The summed E-state index contributed by atoms with van der Waals surface area (Å²) in [6.07, 6.45) is 60.0. The van der Waals surface area contributed by atoms with Crippen molar-refractivity contribution in [3.63, 3.8) is 0 Å². The van der Waals surface area contributed by atoms with Crippen LogP contribution >= 0.6 is 7.82 Å². The van der Waals surface area contributed by atoms with Gasteiger partial charge in [0.2, 0.25) is 0 Å². The Hall–Kier alpha value is -3.08. The van der Waals surface area contributed by atoms with E-state index in [4.69, 9.17) is 23.3 Å². The first-order chi connectivity index (χ1) is 35.2. The highest BCUT2D eigenvalue weighted by atomic mass is 31.2. The lowest BCUT2D eigenvalue weighted by Gasteiger charge is -2.21. The van der Waals surface area contributed by atoms with Crippen molar-refractivity contribution in [2.24, 2.45) is 0 Å². The minimum Gasteiger partial charge on any atom is -0.462 e. The summed E-state index contributed by atoms with van der Waals surface area (Å²) in [5, 5.41) is 9.81. The third-order valence-electron chi connectivity index (χ3n) is 12.1. The first-order valence-corrected chi connectivity index (χ1v) is 30.3. The van der Waals surface area contributed by atoms with E-state index in [2.05, 4.69) is 93.7 Å². The second kappa shape index (κ2) is 54.2. The molecule has 0 aromatic rings. The Balaban J connectivity index is 4.77. The molecule has 0 rings (SSSR count). The molecule has 0 amide bonds. The van der Waals surface area contributed by atoms with E-state index in [1.54, 1.807) is 0 Å². The van der Waals surface area contributed by atoms with Crippen molar-refractivity contribution in [1.29, 1.82) is 0 Å². The molecular formula is C60H105O11P. The minimum absolute atomic E-state index is 0.111. The number of rotatable bonds is 53. The Morgan fingerprint density at radius 2 is 0.722 bits per heavy atom. The van der Waals surface area contributed by atoms with Crippen LogP contribution in [0.3, 0.4) is 0 Å². The first-order valence-electron chi connectivity index (χ1n) is 28.8. The van der Waals surface area contributed by atoms with E-state index < -0.39 is 57.8 Å². The van der Waals surface area contributed by atoms with Gasteiger partial charge in [0, 0.05) is 19.3 Å². The van der Waals surface area contributed by atoms with Crippen molar-refractivity contribution in [2.45, 2.75) is 264 Å². The van der Waals surface area contributed by atoms with E-state index >= 15 is 0 Å². The van der Waals surface area contributed by atoms with E-state index in [1.165, 1.54) is 89.9 Å². The van der Waals surface area contributed by atoms with Crippen molar-refractivity contribution in [1.82, 2.24) is 0 Å². The normalized spacial score (nSPS) is 13.9. The van der Waals surface area contributed by atoms with Gasteiger partial charge >= 0.3 is 25.7 Å². The van der Waals surface area contributed by atoms with Gasteiger partial charge in [-0.1, -0.05) is 216 Å². The molecular weight excluding hydrogens is 928 g/mol. The van der Waals surface area contributed by atoms with Crippen molar-refractivity contribution in [3.05, 3.63) is 72.9 Å². The Bertz CT molecular complexity index is 1490. The molecule has 0 aromatic heterocycles. The molecule has 72 heavy (non-hydrogen) atoms. The molecule has 2 N–H and O–H groups in total. The number of phosphoric acid groups is 1. The molecule has 0 saturated heterocycles. The smallest absolute Gasteiger partial charge is 0.462 e. The average molecular weight is 1030 g/mol. The Kier molecular flexibility index (Phi) is 51.9. The van der Waals surface area contributed by atoms with Gasteiger partial charge in [-0.2, -0.15) is 0 Å². The minimum atomic E-state index is -4.76. The van der Waals surface area contributed by atoms with Gasteiger partial charge in [0.25, 0.3) is 0 Å². The molecule has 416 valence electrons. The molecule has 0 aliphatic heterocycles. The van der Waals surface area contributed by atoms with Crippen molar-refractivity contribution < 1.29 is 52.2 Å². The van der Waals surface area contributed by atoms with Crippen LogP contribution < -0.4 is 0 Å². The van der Waals surface area contributed by atoms with Gasteiger partial charge in [0.1, 0.15) is 12.7 Å². The summed E-state index contributed by atoms with van der Waals surface area (Å²) in [4.78, 5) is 48.5. The van der Waals surface area contributed by atoms with Crippen LogP contribution in [0.5, 0.6) is 0 Å². The molecule has 3 atom stereocenters. The largest absolute Gasteiger partial charge is 0.472 e. The summed E-state index contributed by atoms with van der Waals surface area (Å²) < 4.78 is 39.5. The van der Waals surface area contributed by atoms with Gasteiger partial charge in [0.15, 0.2) is 6.10 Å². The zero-order chi connectivity index (χ0) is 52.7. The second-order valence-electron chi connectivity index (χ2n) is 19.1. The standard InChI is InChI=1S/C60H105O11P/c1-4-7-10-13-16-19-22-25-28-31-34-37-40-43-46-49-58(62)67-53-57(71-60(64)51-48-45-42-39-36-33-30-27-24-21-18-15-12-9-6-3)55-69-72(65,66)68-54-56(52-61)70-59(63)50-47-44-41-38-35-32-29-26-23-20-17-14-11-8-5-2/h9,12,16,18-19,21,25,27-28,30,36,39,56-57,61H,4-8,10-11,13-15,17,20,22-24,26,29,31-35,37-38,40-55H2,1-3H3,(H,65,66)/b12-9-,19-16-,21-18-,28-25-,30-27-,39-36-. The maximum atomic E-state index is 12.9. The number of carbonyl (C=O) groups is 3. The van der Waals surface area contributed by atoms with Gasteiger partial charge < -0.3 is 24.2 Å². The van der Waals surface area contributed by atoms with Crippen molar-refractivity contribution in [3.8, 4) is 0 Å². The van der Waals surface area contributed by atoms with Gasteiger partial charge in [-0.05, 0) is 89.9 Å². The van der Waals surface area contributed by atoms with Crippen molar-refractivity contribution in [2.75, 3.05) is 26.4 Å². The van der Waals surface area contributed by atoms with Gasteiger partial charge in [0.05, 0.1) is 19.8 Å². The molecule has 0 bridgehead atoms. The molecule has 0 spiro atoms. The zero-order valence-electron chi connectivity index (χ0n) is 45.9. The number of hydrogen-bond acceptors (Lipinski definition) is 10. The lowest BCUT2D eigenvalue weighted by Crippen LogP contribution is -2.30. The summed E-state index contributed by atoms with van der Waals surface area (Å²) in [5.74, 6) is -1.53. The number of esters is 3. The van der Waals surface area contributed by atoms with Gasteiger partial charge in [-0.15, -0.1) is 0 Å². The van der Waals surface area contributed by atoms with Crippen LogP contribution in [0, 0.1) is 0 Å². The van der Waals surface area contributed by atoms with E-state index in [9.17, 15) is 28.9 Å². The summed E-state index contributed by atoms with van der Waals surface area (Å²) in [5.41, 5.74) is 0. The van der Waals surface area contributed by atoms with Gasteiger partial charge in [-0.25, -0.2) is 4.57 Å². The van der Waals surface area contributed by atoms with Crippen LogP contribution in [0.25, 0.3) is 0 Å². The van der Waals surface area contributed by atoms with Crippen LogP contribution in [0.2, 0.25) is 0 Å². The monoisotopic (exact) mass is 1030 g/mol. The molecule has 0 heterocycles. The Morgan fingerprint density at radius 3 is 1.17 bits per heavy atom. The average Bonchev–Trinajstić information content (AvgIpc) is 3.37. The molecule has 0 aromatic carbocycles. The molecule has 0 saturated carbocycles. The number of carbonyl (C=O) groups excluding carboxylic acids is 3. The molecule has 11 nitrogen and oxygen atoms in total. The fraction of sp³-hybridized carbons (Fsp3) is 0.750. The fourth-order valence-electron chi connectivity index (χ4n) is 7.73. The highest BCUT2D eigenvalue weighted by molar-refractivity contribution is 7.47. The summed E-state index contributed by atoms with van der Waals surface area (Å²) in [7, 11) is -4.76. The Labute approximate surface area is 439 Å². The summed E-state index contributed by atoms with van der Waals surface area (Å²) in [6.45, 7) is 4.46. The Morgan fingerprint density at radius 1 is 0.403 bits per heavy atom. The number of ether oxygens (including phenoxy) is 3. The van der Waals surface area contributed by atoms with E-state index in [-0.39, 0.29) is 25.9 Å². The maximum Gasteiger partial charge on any atom is 0.472 e. The highest BCUT2D eigenvalue weighted by Gasteiger charge is 2.28. The summed E-state index contributed by atoms with van der Waals surface area (Å²) in [6, 6.07) is 0. The first kappa shape index (κ1) is 68.9. The molecule has 0 aliphatic carbocycles. The lowest BCUT2D eigenvalue weighted by molar-refractivity contribution is -0.161. The molecule has 0 fully saturated rings. The number of aliphatic hydroxyl groups excluding tert-OH is 1. The topological polar surface area (TPSA) is 155 Å². The molecule has 0 aliphatic rings. The molecule has 12 heteroatoms. The quantitative estimate of drug-likeness (QED) is 0.0197. The maximum absolute atomic E-state index is 12.9. The number of allylic oxidation sites excluding steroid dienone is 12. The van der Waals surface area contributed by atoms with Crippen LogP contribution in [0.1, 0.15) is 252 Å². The van der Waals surface area contributed by atoms with Gasteiger partial charge in [-0.3, -0.25) is 23.4 Å². The van der Waals surface area contributed by atoms with E-state index in [0.29, 0.717) is 19.3 Å². The number of unbranched alkanes of at least 4 members (excludes halogenated alkanes) is 24. The molecule has 0 radical (unpaired) electrons. The zero-order valence-corrected chi connectivity index (χ0v) is 46.8. The summed E-state index contributed by atoms with van der Waals surface area (Å²) >= 11 is 0. The van der Waals surface area contributed by atoms with Crippen LogP contribution in [0.4, 0.5) is 0 Å². The van der Waals surface area contributed by atoms with Crippen LogP contribution in [-0.2, 0) is 42.2 Å².